The minimum Gasteiger partial charge on any atom is -0.480 e. The van der Waals surface area contributed by atoms with E-state index in [1.807, 2.05) is 20.9 Å². The molecule has 1 aromatic heterocycles. The maximum absolute atomic E-state index is 12.2. The first-order valence-electron chi connectivity index (χ1n) is 16.1. The van der Waals surface area contributed by atoms with Crippen LogP contribution in [-0.2, 0) is 17.8 Å². The zero-order chi connectivity index (χ0) is 29.8. The normalized spacial score (nSPS) is 22.7. The first kappa shape index (κ1) is 30.5. The Kier molecular flexibility index (Phi) is 9.85. The molecule has 1 N–H and O–H groups in total. The topological polar surface area (TPSA) is 61.6 Å². The number of piperidine rings is 1. The van der Waals surface area contributed by atoms with Crippen molar-refractivity contribution in [3.05, 3.63) is 88.7 Å². The summed E-state index contributed by atoms with van der Waals surface area (Å²) >= 11 is 0. The van der Waals surface area contributed by atoms with E-state index in [1.165, 1.54) is 28.1 Å². The minimum absolute atomic E-state index is 0.0766. The smallest absolute Gasteiger partial charge is 0.321 e. The number of rotatable bonds is 11. The van der Waals surface area contributed by atoms with Crippen LogP contribution in [0, 0.1) is 18.8 Å². The van der Waals surface area contributed by atoms with Crippen molar-refractivity contribution in [2.45, 2.75) is 90.3 Å². The van der Waals surface area contributed by atoms with Crippen LogP contribution in [0.15, 0.2) is 60.7 Å². The van der Waals surface area contributed by atoms with Gasteiger partial charge in [0.1, 0.15) is 6.04 Å². The highest BCUT2D eigenvalue weighted by atomic mass is 16.4. The van der Waals surface area contributed by atoms with Crippen LogP contribution in [-0.4, -0.2) is 69.4 Å². The molecule has 0 amide bonds. The maximum atomic E-state index is 12.2. The second-order valence-corrected chi connectivity index (χ2v) is 13.2. The summed E-state index contributed by atoms with van der Waals surface area (Å²) in [6.07, 6.45) is 5.29. The zero-order valence-electron chi connectivity index (χ0n) is 26.2. The van der Waals surface area contributed by atoms with Crippen molar-refractivity contribution in [2.24, 2.45) is 11.8 Å². The molecule has 2 fully saturated rings. The Morgan fingerprint density at radius 1 is 1.05 bits per heavy atom. The van der Waals surface area contributed by atoms with E-state index in [0.717, 1.165) is 58.3 Å². The van der Waals surface area contributed by atoms with Crippen LogP contribution in [0.1, 0.15) is 86.4 Å². The molecule has 0 spiro atoms. The summed E-state index contributed by atoms with van der Waals surface area (Å²) in [4.78, 5) is 17.0. The summed E-state index contributed by atoms with van der Waals surface area (Å²) in [6.45, 7) is 12.6. The summed E-state index contributed by atoms with van der Waals surface area (Å²) in [5.41, 5.74) is 6.60. The van der Waals surface area contributed by atoms with Gasteiger partial charge in [0.2, 0.25) is 0 Å². The molecule has 226 valence electrons. The summed E-state index contributed by atoms with van der Waals surface area (Å²) < 4.78 is 2.23. The second-order valence-electron chi connectivity index (χ2n) is 13.2. The van der Waals surface area contributed by atoms with Crippen molar-refractivity contribution < 1.29 is 9.90 Å². The largest absolute Gasteiger partial charge is 0.480 e. The number of likely N-dealkylation sites (N-methyl/N-ethyl adjacent to an activating group) is 1. The van der Waals surface area contributed by atoms with E-state index in [2.05, 4.69) is 89.0 Å². The lowest BCUT2D eigenvalue weighted by atomic mass is 9.86. The lowest BCUT2D eigenvalue weighted by Crippen LogP contribution is -2.47. The van der Waals surface area contributed by atoms with Crippen LogP contribution in [0.3, 0.4) is 0 Å². The van der Waals surface area contributed by atoms with E-state index in [1.54, 1.807) is 0 Å². The Balaban J connectivity index is 1.26. The molecule has 0 bridgehead atoms. The van der Waals surface area contributed by atoms with Gasteiger partial charge < -0.3 is 10.0 Å². The molecule has 1 aliphatic heterocycles. The van der Waals surface area contributed by atoms with Crippen molar-refractivity contribution in [1.82, 2.24) is 19.6 Å². The summed E-state index contributed by atoms with van der Waals surface area (Å²) in [6, 6.07) is 21.8. The van der Waals surface area contributed by atoms with Gasteiger partial charge >= 0.3 is 5.97 Å². The summed E-state index contributed by atoms with van der Waals surface area (Å²) in [5, 5.41) is 15.0. The second kappa shape index (κ2) is 13.6. The number of hydrogen-bond donors (Lipinski definition) is 1. The Hall–Kier alpha value is -2.96. The maximum Gasteiger partial charge on any atom is 0.321 e. The van der Waals surface area contributed by atoms with Gasteiger partial charge in [-0.2, -0.15) is 5.10 Å². The van der Waals surface area contributed by atoms with Crippen molar-refractivity contribution >= 4 is 5.97 Å². The Morgan fingerprint density at radius 3 is 2.43 bits per heavy atom. The van der Waals surface area contributed by atoms with Crippen LogP contribution in [0.2, 0.25) is 0 Å². The van der Waals surface area contributed by atoms with E-state index >= 15 is 0 Å². The molecule has 6 heteroatoms. The average molecular weight is 571 g/mol. The van der Waals surface area contributed by atoms with Crippen LogP contribution in [0.4, 0.5) is 0 Å². The quantitative estimate of drug-likeness (QED) is 0.282. The highest BCUT2D eigenvalue weighted by Crippen LogP contribution is 2.43. The van der Waals surface area contributed by atoms with Crippen molar-refractivity contribution in [2.75, 3.05) is 26.7 Å². The molecule has 3 aromatic rings. The van der Waals surface area contributed by atoms with Gasteiger partial charge in [-0.3, -0.25) is 14.4 Å². The van der Waals surface area contributed by atoms with Gasteiger partial charge in [0.05, 0.1) is 5.69 Å². The molecule has 0 radical (unpaired) electrons. The number of carboxylic acid groups (broad SMARTS) is 1. The predicted octanol–water partition coefficient (Wildman–Crippen LogP) is 6.59. The highest BCUT2D eigenvalue weighted by Gasteiger charge is 2.41. The van der Waals surface area contributed by atoms with Crippen LogP contribution < -0.4 is 0 Å². The van der Waals surface area contributed by atoms with Crippen molar-refractivity contribution in [3.8, 4) is 0 Å². The minimum atomic E-state index is -0.705. The monoisotopic (exact) mass is 570 g/mol. The van der Waals surface area contributed by atoms with E-state index < -0.39 is 12.0 Å². The fourth-order valence-corrected chi connectivity index (χ4v) is 7.80. The van der Waals surface area contributed by atoms with Gasteiger partial charge in [0.25, 0.3) is 0 Å². The van der Waals surface area contributed by atoms with Crippen molar-refractivity contribution in [1.29, 1.82) is 0 Å². The van der Waals surface area contributed by atoms with E-state index in [9.17, 15) is 9.90 Å². The lowest BCUT2D eigenvalue weighted by molar-refractivity contribution is -0.145. The lowest BCUT2D eigenvalue weighted by Gasteiger charge is -2.35. The summed E-state index contributed by atoms with van der Waals surface area (Å²) in [7, 11) is 2.04. The van der Waals surface area contributed by atoms with Gasteiger partial charge in [0, 0.05) is 37.2 Å². The number of carboxylic acids is 1. The third-order valence-corrected chi connectivity index (χ3v) is 9.93. The van der Waals surface area contributed by atoms with Gasteiger partial charge in [-0.1, -0.05) is 74.0 Å². The predicted molar refractivity (Wildman–Crippen MR) is 170 cm³/mol. The molecule has 5 rings (SSSR count). The molecule has 0 unspecified atom stereocenters. The Labute approximate surface area is 252 Å². The standard InChI is InChI=1S/C36H50N4O2/c1-6-40-34(22-31(37-40)20-27-12-8-7-9-13-27)28-15-17-39(18-16-28)24-30-21-32(38(5)35(25(2)3)36(41)42)23-33(30)29-14-10-11-26(4)19-29/h7-14,19,22,25,28,30,32-33,35H,6,15-18,20-21,23-24H2,1-5H3,(H,41,42)/t30-,32+,33-,35-/m1/s1. The number of hydrogen-bond acceptors (Lipinski definition) is 4. The van der Waals surface area contributed by atoms with Gasteiger partial charge in [-0.05, 0) is 94.6 Å². The number of aryl methyl sites for hydroxylation is 2. The fraction of sp³-hybridized carbons (Fsp3) is 0.556. The molecule has 2 aromatic carbocycles. The first-order valence-corrected chi connectivity index (χ1v) is 16.1. The number of aromatic nitrogens is 2. The average Bonchev–Trinajstić information content (AvgIpc) is 3.58. The van der Waals surface area contributed by atoms with E-state index in [0.29, 0.717) is 17.8 Å². The van der Waals surface area contributed by atoms with Gasteiger partial charge in [0.15, 0.2) is 0 Å². The highest BCUT2D eigenvalue weighted by molar-refractivity contribution is 5.73. The number of nitrogens with zero attached hydrogens (tertiary/aromatic N) is 4. The fourth-order valence-electron chi connectivity index (χ4n) is 7.80. The molecule has 1 aliphatic carbocycles. The molecule has 6 nitrogen and oxygen atoms in total. The van der Waals surface area contributed by atoms with E-state index in [4.69, 9.17) is 5.10 Å². The molecule has 2 heterocycles. The van der Waals surface area contributed by atoms with Crippen molar-refractivity contribution in [3.63, 3.8) is 0 Å². The molecule has 1 saturated carbocycles. The van der Waals surface area contributed by atoms with Crippen LogP contribution >= 0.6 is 0 Å². The van der Waals surface area contributed by atoms with Crippen LogP contribution in [0.25, 0.3) is 0 Å². The molecular formula is C36H50N4O2. The number of benzene rings is 2. The SMILES string of the molecule is CCn1nc(Cc2ccccc2)cc1C1CCN(C[C@H]2C[C@H](N(C)[C@@H](C(=O)O)C(C)C)C[C@@H]2c2cccc(C)c2)CC1. The molecule has 1 saturated heterocycles. The first-order chi connectivity index (χ1) is 20.2. The Morgan fingerprint density at radius 2 is 1.79 bits per heavy atom. The third kappa shape index (κ3) is 6.98. The zero-order valence-corrected chi connectivity index (χ0v) is 26.2. The summed E-state index contributed by atoms with van der Waals surface area (Å²) in [5.74, 6) is 0.904. The molecular weight excluding hydrogens is 520 g/mol. The van der Waals surface area contributed by atoms with E-state index in [-0.39, 0.29) is 12.0 Å². The Bertz CT molecular complexity index is 1310. The van der Waals surface area contributed by atoms with Crippen LogP contribution in [0.5, 0.6) is 0 Å². The number of carbonyl (C=O) groups is 1. The van der Waals surface area contributed by atoms with Gasteiger partial charge in [-0.25, -0.2) is 0 Å². The van der Waals surface area contributed by atoms with Gasteiger partial charge in [-0.15, -0.1) is 0 Å². The number of likely N-dealkylation sites (tertiary alicyclic amines) is 1. The number of aliphatic carboxylic acids is 1. The molecule has 4 atom stereocenters. The molecule has 2 aliphatic rings. The molecule has 42 heavy (non-hydrogen) atoms. The third-order valence-electron chi connectivity index (χ3n) is 9.93.